The number of carboxylic acids is 1. The number of amides is 2. The molecule has 0 spiro atoms. The SMILES string of the molecule is C[C@H](CC(=O)O)NC(=O)c1cn(CCNC(=O)OCC2c3ccccc3-c3ccccc32)nn1. The van der Waals surface area contributed by atoms with Gasteiger partial charge < -0.3 is 20.5 Å². The summed E-state index contributed by atoms with van der Waals surface area (Å²) in [5.41, 5.74) is 4.68. The Kier molecular flexibility index (Phi) is 6.86. The highest BCUT2D eigenvalue weighted by molar-refractivity contribution is 5.92. The summed E-state index contributed by atoms with van der Waals surface area (Å²) in [5, 5.41) is 21.6. The van der Waals surface area contributed by atoms with Crippen molar-refractivity contribution in [1.29, 1.82) is 0 Å². The third-order valence-corrected chi connectivity index (χ3v) is 5.58. The second-order valence-electron chi connectivity index (χ2n) is 8.09. The lowest BCUT2D eigenvalue weighted by atomic mass is 9.98. The van der Waals surface area contributed by atoms with Crippen LogP contribution in [-0.2, 0) is 16.1 Å². The second-order valence-corrected chi connectivity index (χ2v) is 8.09. The van der Waals surface area contributed by atoms with Gasteiger partial charge in [-0.1, -0.05) is 53.7 Å². The van der Waals surface area contributed by atoms with Gasteiger partial charge >= 0.3 is 12.1 Å². The van der Waals surface area contributed by atoms with Crippen LogP contribution in [0.15, 0.2) is 54.7 Å². The standard InChI is InChI=1S/C24H25N5O5/c1-15(12-22(30)31)26-23(32)21-13-29(28-27-21)11-10-25-24(33)34-14-20-18-8-4-2-6-16(18)17-7-3-5-9-19(17)20/h2-9,13,15,20H,10-12,14H2,1H3,(H,25,33)(H,26,32)(H,30,31)/t15-/m1/s1. The molecule has 3 N–H and O–H groups in total. The first kappa shape index (κ1) is 23.0. The predicted octanol–water partition coefficient (Wildman–Crippen LogP) is 2.41. The highest BCUT2D eigenvalue weighted by Gasteiger charge is 2.29. The van der Waals surface area contributed by atoms with Crippen LogP contribution < -0.4 is 10.6 Å². The van der Waals surface area contributed by atoms with Crippen LogP contribution in [0.3, 0.4) is 0 Å². The Bertz CT molecular complexity index is 1160. The molecule has 0 bridgehead atoms. The number of carboxylic acid groups (broad SMARTS) is 1. The second kappa shape index (κ2) is 10.2. The van der Waals surface area contributed by atoms with E-state index in [1.54, 1.807) is 6.92 Å². The normalized spacial score (nSPS) is 13.0. The van der Waals surface area contributed by atoms with Crippen LogP contribution in [0.1, 0.15) is 40.9 Å². The van der Waals surface area contributed by atoms with E-state index >= 15 is 0 Å². The number of aliphatic carboxylic acids is 1. The number of nitrogens with zero attached hydrogens (tertiary/aromatic N) is 3. The van der Waals surface area contributed by atoms with E-state index in [1.807, 2.05) is 24.3 Å². The van der Waals surface area contributed by atoms with Crippen molar-refractivity contribution in [3.8, 4) is 11.1 Å². The smallest absolute Gasteiger partial charge is 0.407 e. The van der Waals surface area contributed by atoms with Crippen molar-refractivity contribution in [2.45, 2.75) is 31.8 Å². The number of aromatic nitrogens is 3. The van der Waals surface area contributed by atoms with Gasteiger partial charge in [-0.25, -0.2) is 9.48 Å². The summed E-state index contributed by atoms with van der Waals surface area (Å²) in [5.74, 6) is -1.53. The van der Waals surface area contributed by atoms with Gasteiger partial charge in [0.2, 0.25) is 0 Å². The summed E-state index contributed by atoms with van der Waals surface area (Å²) in [6.45, 7) is 2.34. The van der Waals surface area contributed by atoms with Crippen LogP contribution in [-0.4, -0.2) is 57.3 Å². The number of hydrogen-bond donors (Lipinski definition) is 3. The number of benzene rings is 2. The number of ether oxygens (including phenoxy) is 1. The lowest BCUT2D eigenvalue weighted by Gasteiger charge is -2.14. The summed E-state index contributed by atoms with van der Waals surface area (Å²) in [6, 6.07) is 15.7. The van der Waals surface area contributed by atoms with Crippen LogP contribution in [0.2, 0.25) is 0 Å². The quantitative estimate of drug-likeness (QED) is 0.443. The van der Waals surface area contributed by atoms with Crippen LogP contribution in [0.25, 0.3) is 11.1 Å². The van der Waals surface area contributed by atoms with E-state index < -0.39 is 24.0 Å². The van der Waals surface area contributed by atoms with Crippen molar-refractivity contribution >= 4 is 18.0 Å². The summed E-state index contributed by atoms with van der Waals surface area (Å²) in [6.07, 6.45) is 0.703. The molecular weight excluding hydrogens is 438 g/mol. The average molecular weight is 463 g/mol. The molecule has 1 heterocycles. The van der Waals surface area contributed by atoms with Crippen molar-refractivity contribution in [2.24, 2.45) is 0 Å². The molecule has 4 rings (SSSR count). The van der Waals surface area contributed by atoms with Gasteiger partial charge in [0.05, 0.1) is 19.2 Å². The van der Waals surface area contributed by atoms with Crippen molar-refractivity contribution < 1.29 is 24.2 Å². The highest BCUT2D eigenvalue weighted by atomic mass is 16.5. The maximum atomic E-state index is 12.2. The molecule has 3 aromatic rings. The minimum absolute atomic E-state index is 0.0157. The van der Waals surface area contributed by atoms with Gasteiger partial charge in [-0.2, -0.15) is 0 Å². The van der Waals surface area contributed by atoms with Crippen molar-refractivity contribution in [2.75, 3.05) is 13.2 Å². The molecule has 2 amide bonds. The molecule has 0 saturated heterocycles. The number of rotatable bonds is 9. The first-order chi connectivity index (χ1) is 16.4. The van der Waals surface area contributed by atoms with E-state index in [2.05, 4.69) is 45.2 Å². The van der Waals surface area contributed by atoms with Gasteiger partial charge in [0.25, 0.3) is 5.91 Å². The molecule has 1 aromatic heterocycles. The van der Waals surface area contributed by atoms with Crippen molar-refractivity contribution in [3.63, 3.8) is 0 Å². The van der Waals surface area contributed by atoms with Crippen LogP contribution in [0.5, 0.6) is 0 Å². The lowest BCUT2D eigenvalue weighted by molar-refractivity contribution is -0.137. The first-order valence-corrected chi connectivity index (χ1v) is 10.9. The third-order valence-electron chi connectivity index (χ3n) is 5.58. The zero-order valence-electron chi connectivity index (χ0n) is 18.6. The topological polar surface area (TPSA) is 135 Å². The lowest BCUT2D eigenvalue weighted by Crippen LogP contribution is -2.34. The van der Waals surface area contributed by atoms with Crippen LogP contribution in [0, 0.1) is 0 Å². The van der Waals surface area contributed by atoms with Gasteiger partial charge in [-0.3, -0.25) is 9.59 Å². The number of hydrogen-bond acceptors (Lipinski definition) is 6. The predicted molar refractivity (Wildman–Crippen MR) is 122 cm³/mol. The molecule has 176 valence electrons. The first-order valence-electron chi connectivity index (χ1n) is 10.9. The third kappa shape index (κ3) is 5.22. The molecule has 1 atom stereocenters. The largest absolute Gasteiger partial charge is 0.481 e. The number of alkyl carbamates (subject to hydrolysis) is 1. The maximum Gasteiger partial charge on any atom is 0.407 e. The Labute approximate surface area is 195 Å². The van der Waals surface area contributed by atoms with Gasteiger partial charge in [0.1, 0.15) is 6.61 Å². The summed E-state index contributed by atoms with van der Waals surface area (Å²) >= 11 is 0. The summed E-state index contributed by atoms with van der Waals surface area (Å²) in [4.78, 5) is 35.1. The molecule has 0 radical (unpaired) electrons. The van der Waals surface area contributed by atoms with E-state index in [0.29, 0.717) is 0 Å². The molecule has 0 aliphatic heterocycles. The van der Waals surface area contributed by atoms with Gasteiger partial charge in [0, 0.05) is 18.5 Å². The minimum Gasteiger partial charge on any atom is -0.481 e. The molecule has 10 nitrogen and oxygen atoms in total. The molecule has 0 saturated carbocycles. The number of carbonyl (C=O) groups excluding carboxylic acids is 2. The average Bonchev–Trinajstić information content (AvgIpc) is 3.40. The Morgan fingerprint density at radius 1 is 1.09 bits per heavy atom. The molecule has 10 heteroatoms. The molecular formula is C24H25N5O5. The zero-order valence-corrected chi connectivity index (χ0v) is 18.6. The fourth-order valence-corrected chi connectivity index (χ4v) is 4.04. The molecule has 2 aromatic carbocycles. The number of nitrogens with one attached hydrogen (secondary N) is 2. The van der Waals surface area contributed by atoms with Crippen LogP contribution >= 0.6 is 0 Å². The van der Waals surface area contributed by atoms with Crippen molar-refractivity contribution in [3.05, 3.63) is 71.5 Å². The molecule has 1 aliphatic rings. The number of fused-ring (bicyclic) bond motifs is 3. The van der Waals surface area contributed by atoms with E-state index in [1.165, 1.54) is 10.9 Å². The van der Waals surface area contributed by atoms with E-state index in [4.69, 9.17) is 9.84 Å². The summed E-state index contributed by atoms with van der Waals surface area (Å²) in [7, 11) is 0. The van der Waals surface area contributed by atoms with E-state index in [0.717, 1.165) is 22.3 Å². The van der Waals surface area contributed by atoms with E-state index in [-0.39, 0.29) is 37.7 Å². The van der Waals surface area contributed by atoms with Crippen LogP contribution in [0.4, 0.5) is 4.79 Å². The van der Waals surface area contributed by atoms with Gasteiger partial charge in [-0.15, -0.1) is 5.10 Å². The molecule has 0 unspecified atom stereocenters. The fraction of sp³-hybridized carbons (Fsp3) is 0.292. The Hall–Kier alpha value is -4.21. The Balaban J connectivity index is 1.24. The molecule has 1 aliphatic carbocycles. The van der Waals surface area contributed by atoms with E-state index in [9.17, 15) is 14.4 Å². The minimum atomic E-state index is -1.00. The van der Waals surface area contributed by atoms with Crippen molar-refractivity contribution in [1.82, 2.24) is 25.6 Å². The highest BCUT2D eigenvalue weighted by Crippen LogP contribution is 2.44. The maximum absolute atomic E-state index is 12.2. The molecule has 0 fully saturated rings. The molecule has 34 heavy (non-hydrogen) atoms. The number of carbonyl (C=O) groups is 3. The zero-order chi connectivity index (χ0) is 24.1. The van der Waals surface area contributed by atoms with Gasteiger partial charge in [0.15, 0.2) is 5.69 Å². The summed E-state index contributed by atoms with van der Waals surface area (Å²) < 4.78 is 6.91. The Morgan fingerprint density at radius 2 is 1.74 bits per heavy atom. The Morgan fingerprint density at radius 3 is 2.38 bits per heavy atom. The monoisotopic (exact) mass is 463 g/mol. The van der Waals surface area contributed by atoms with Gasteiger partial charge in [-0.05, 0) is 29.2 Å². The fourth-order valence-electron chi connectivity index (χ4n) is 4.04.